The lowest BCUT2D eigenvalue weighted by molar-refractivity contribution is 0.483. The first-order valence-corrected chi connectivity index (χ1v) is 52.8. The van der Waals surface area contributed by atoms with Gasteiger partial charge < -0.3 is 19.1 Å². The van der Waals surface area contributed by atoms with Gasteiger partial charge >= 0.3 is 0 Å². The summed E-state index contributed by atoms with van der Waals surface area (Å²) in [6.45, 7) is 43.7. The van der Waals surface area contributed by atoms with Gasteiger partial charge in [0.05, 0.1) is 0 Å². The van der Waals surface area contributed by atoms with Crippen LogP contribution in [0, 0.1) is 180 Å². The molecule has 0 unspecified atom stereocenters. The molecule has 19 aromatic carbocycles. The van der Waals surface area contributed by atoms with E-state index in [1.165, 1.54) is 161 Å². The number of para-hydroxylation sites is 6. The second kappa shape index (κ2) is 45.1. The largest absolute Gasteiger partial charge is 0.458 e. The molecule has 4 heterocycles. The second-order valence-corrected chi connectivity index (χ2v) is 42.4. The minimum atomic E-state index is -2.17. The van der Waals surface area contributed by atoms with Gasteiger partial charge in [-0.05, 0) is 289 Å². The monoisotopic (exact) mass is 1960 g/mol. The molecule has 0 radical (unpaired) electrons. The fourth-order valence-electron chi connectivity index (χ4n) is 24.3. The molecule has 4 nitrogen and oxygen atoms in total. The predicted octanol–water partition coefficient (Wildman–Crippen LogP) is 23.3. The summed E-state index contributed by atoms with van der Waals surface area (Å²) in [6, 6.07) is 128. The van der Waals surface area contributed by atoms with E-state index in [1.807, 2.05) is 187 Å². The predicted molar refractivity (Wildman–Crippen MR) is 656 cm³/mol. The van der Waals surface area contributed by atoms with Crippen molar-refractivity contribution >= 4 is 156 Å². The Hall–Kier alpha value is -15.2. The van der Waals surface area contributed by atoms with Crippen LogP contribution in [0.15, 0.2) is 370 Å². The fourth-order valence-corrected chi connectivity index (χ4v) is 24.3. The average Bonchev–Trinajstić information content (AvgIpc) is 0.723. The number of ether oxygens (including phenoxy) is 3. The topological polar surface area (TPSA) is 30.9 Å². The van der Waals surface area contributed by atoms with Gasteiger partial charge in [0.1, 0.15) is 34.5 Å². The van der Waals surface area contributed by atoms with Crippen molar-refractivity contribution in [3.05, 3.63) is 515 Å². The molecule has 0 amide bonds. The van der Waals surface area contributed by atoms with Crippen LogP contribution < -0.4 is 117 Å². The highest BCUT2D eigenvalue weighted by atomic mass is 16.5. The Morgan fingerprint density at radius 2 is 0.493 bits per heavy atom. The standard InChI is InChI=1S/C27H24BN.2C25H29B.3C21H19BO/c1-19-16-17-26-24(18-19)28(27-20(2)10-9-11-21(27)3)23-14-7-8-15-25(23)29(26)22-12-5-4-6-13-22;1-16-8-10-23(11-9-16)26(24-19(4)12-17(2)13-20(24)5)25-21(6)14-18(3)15-22(25)7;1-16-9-8-10-23(15-16)26(24-19(4)11-17(2)12-20(24)5)25-21(6)13-18(3)14-22(25)7;1-14-8-6-9-15(2)20(14)22-17-11-4-5-13-19(17)23-21-16(3)10-7-12-18(21)22;1-14-11-12-20-18(13-14)22(17-9-4-5-10-19(17)23-20)21-15(2)7-6-8-16(21)3;1-14-11-12-18-20(13-14)23-19-10-5-4-9-17(19)22(18)21-15(2)7-6-8-16(21)3/h4-18H,1-3H3;2*8-15H,1-7H3;3*4-13H,1-3H3/i;;;1D3;2*2D3. The Kier molecular flexibility index (Phi) is 28.0. The number of nitrogens with zero attached hydrogens (tertiary/aromatic N) is 1. The molecule has 0 bridgehead atoms. The van der Waals surface area contributed by atoms with Crippen molar-refractivity contribution in [2.75, 3.05) is 4.90 Å². The number of fused-ring (bicyclic) bond motifs is 8. The number of rotatable bonds is 11. The molecular weight excluding hydrogens is 1810 g/mol. The van der Waals surface area contributed by atoms with Crippen molar-refractivity contribution in [3.8, 4) is 34.5 Å². The number of hydrogen-bond acceptors (Lipinski definition) is 4. The molecule has 19 aromatic rings. The van der Waals surface area contributed by atoms with E-state index >= 15 is 0 Å². The number of anilines is 3. The summed E-state index contributed by atoms with van der Waals surface area (Å²) in [5.74, 6) is 4.78. The molecule has 10 heteroatoms. The normalized spacial score (nSPS) is 13.0. The van der Waals surface area contributed by atoms with E-state index in [0.29, 0.717) is 16.7 Å². The van der Waals surface area contributed by atoms with Crippen molar-refractivity contribution in [2.45, 2.75) is 180 Å². The maximum absolute atomic E-state index is 8.04. The maximum atomic E-state index is 8.04. The molecule has 0 fully saturated rings. The van der Waals surface area contributed by atoms with Crippen molar-refractivity contribution in [3.63, 3.8) is 0 Å². The van der Waals surface area contributed by atoms with Crippen LogP contribution in [0.25, 0.3) is 0 Å². The Balaban J connectivity index is 0.000000123. The van der Waals surface area contributed by atoms with Crippen LogP contribution in [0.5, 0.6) is 34.5 Å². The van der Waals surface area contributed by atoms with Gasteiger partial charge in [0.2, 0.25) is 20.1 Å². The van der Waals surface area contributed by atoms with Crippen LogP contribution in [0.2, 0.25) is 0 Å². The summed E-state index contributed by atoms with van der Waals surface area (Å²) in [7, 11) is 0. The third kappa shape index (κ3) is 21.7. The van der Waals surface area contributed by atoms with E-state index in [0.717, 1.165) is 117 Å². The molecule has 740 valence electrons. The molecule has 0 saturated heterocycles. The highest BCUT2D eigenvalue weighted by Crippen LogP contribution is 2.38. The molecule has 4 aliphatic heterocycles. The highest BCUT2D eigenvalue weighted by molar-refractivity contribution is 7.00. The molecule has 23 rings (SSSR count). The van der Waals surface area contributed by atoms with E-state index in [1.54, 1.807) is 18.2 Å². The van der Waals surface area contributed by atoms with Gasteiger partial charge in [-0.1, -0.05) is 504 Å². The molecule has 0 spiro atoms. The van der Waals surface area contributed by atoms with Gasteiger partial charge in [-0.3, -0.25) is 0 Å². The van der Waals surface area contributed by atoms with Crippen molar-refractivity contribution in [2.24, 2.45) is 0 Å². The maximum Gasteiger partial charge on any atom is 0.251 e. The van der Waals surface area contributed by atoms with E-state index in [-0.39, 0.29) is 40.3 Å². The molecule has 0 N–H and O–H groups in total. The lowest BCUT2D eigenvalue weighted by atomic mass is 9.34. The minimum absolute atomic E-state index is 0.160. The highest BCUT2D eigenvalue weighted by Gasteiger charge is 2.41. The summed E-state index contributed by atoms with van der Waals surface area (Å²) in [6.07, 6.45) is 0. The molecule has 0 atom stereocenters. The van der Waals surface area contributed by atoms with Crippen molar-refractivity contribution in [1.29, 1.82) is 0 Å². The average molecular weight is 1960 g/mol. The van der Waals surface area contributed by atoms with E-state index in [2.05, 4.69) is 329 Å². The van der Waals surface area contributed by atoms with Crippen LogP contribution in [0.3, 0.4) is 0 Å². The van der Waals surface area contributed by atoms with Gasteiger partial charge in [-0.15, -0.1) is 0 Å². The molecule has 0 aromatic heterocycles. The zero-order valence-corrected chi connectivity index (χ0v) is 91.4. The Labute approximate surface area is 910 Å². The van der Waals surface area contributed by atoms with Gasteiger partial charge in [0.25, 0.3) is 20.1 Å². The first kappa shape index (κ1) is 93.3. The third-order valence-corrected chi connectivity index (χ3v) is 30.7. The van der Waals surface area contributed by atoms with Crippen LogP contribution >= 0.6 is 0 Å². The van der Waals surface area contributed by atoms with E-state index in [9.17, 15) is 0 Å². The lowest BCUT2D eigenvalue weighted by Crippen LogP contribution is -2.58. The third-order valence-electron chi connectivity index (χ3n) is 30.7. The number of hydrogen-bond donors (Lipinski definition) is 0. The summed E-state index contributed by atoms with van der Waals surface area (Å²) in [5, 5.41) is 0. The zero-order chi connectivity index (χ0) is 113. The van der Waals surface area contributed by atoms with Crippen LogP contribution in [0.1, 0.15) is 157 Å². The van der Waals surface area contributed by atoms with E-state index in [4.69, 9.17) is 26.5 Å². The van der Waals surface area contributed by atoms with E-state index < -0.39 is 20.6 Å². The summed E-state index contributed by atoms with van der Waals surface area (Å²) >= 11 is 0. The number of aryl methyl sites for hydroxylation is 26. The lowest BCUT2D eigenvalue weighted by Gasteiger charge is -2.38. The first-order valence-electron chi connectivity index (χ1n) is 57.3. The SMILES string of the molecule is Cc1ccc(B(c2c(C)cc(C)cc2C)c2c(C)cc(C)cc2C)cc1.Cc1ccc2c(c1)B(c1c(C)cccc1C)c1ccccc1N2c1ccccc1.Cc1cccc(B(c2c(C)cc(C)cc2C)c2c(C)cc(C)cc2C)c1.[2H]C([2H])([2H])c1cccc(C)c1B1c2ccccc2Oc2c(C)cccc21.[2H]C([2H])([2H])c1cccc(C)c1B1c2ccccc2Oc2cc(C)ccc21.[2H]C([2H])([2H])c1cccc(C)c1B1c2ccccc2Oc2ccc(C)cc21. The molecule has 0 saturated carbocycles. The van der Waals surface area contributed by atoms with Crippen LogP contribution in [-0.2, 0) is 0 Å². The summed E-state index contributed by atoms with van der Waals surface area (Å²) in [4.78, 5) is 2.41. The van der Waals surface area contributed by atoms with Gasteiger partial charge in [0, 0.05) is 29.4 Å². The van der Waals surface area contributed by atoms with Crippen molar-refractivity contribution in [1.82, 2.24) is 0 Å². The second-order valence-electron chi connectivity index (χ2n) is 42.4. The van der Waals surface area contributed by atoms with Gasteiger partial charge in [0.15, 0.2) is 0 Å². The smallest absolute Gasteiger partial charge is 0.251 e. The fraction of sp³-hybridized carbons (Fsp3) is 0.186. The van der Waals surface area contributed by atoms with Crippen molar-refractivity contribution < 1.29 is 26.5 Å². The zero-order valence-electron chi connectivity index (χ0n) is 100. The summed E-state index contributed by atoms with van der Waals surface area (Å²) in [5.41, 5.74) is 55.6. The Bertz CT molecular complexity index is 8390. The Morgan fingerprint density at radius 3 is 0.953 bits per heavy atom. The molecule has 0 aliphatic carbocycles. The number of benzene rings is 19. The minimum Gasteiger partial charge on any atom is -0.458 e. The van der Waals surface area contributed by atoms with Gasteiger partial charge in [-0.2, -0.15) is 0 Å². The quantitative estimate of drug-likeness (QED) is 0.121. The Morgan fingerprint density at radius 1 is 0.187 bits per heavy atom. The summed E-state index contributed by atoms with van der Waals surface area (Å²) < 4.78 is 90.8. The molecular formula is C140H139B6NO3. The first-order chi connectivity index (χ1) is 75.8. The van der Waals surface area contributed by atoms with Crippen LogP contribution in [0.4, 0.5) is 17.1 Å². The molecule has 4 aliphatic rings. The van der Waals surface area contributed by atoms with Gasteiger partial charge in [-0.25, -0.2) is 0 Å². The molecule has 150 heavy (non-hydrogen) atoms. The van der Waals surface area contributed by atoms with Crippen LogP contribution in [-0.4, -0.2) is 40.3 Å².